The highest BCUT2D eigenvalue weighted by molar-refractivity contribution is 6.32. The maximum Gasteiger partial charge on any atom is 0.265 e. The summed E-state index contributed by atoms with van der Waals surface area (Å²) in [6.07, 6.45) is 3.30. The topological polar surface area (TPSA) is 85.9 Å². The molecule has 0 spiro atoms. The number of methoxy groups -OCH3 is 1. The molecule has 8 heteroatoms. The van der Waals surface area contributed by atoms with Crippen LogP contribution >= 0.6 is 11.6 Å². The van der Waals surface area contributed by atoms with E-state index < -0.39 is 6.10 Å². The number of amides is 2. The van der Waals surface area contributed by atoms with Gasteiger partial charge in [-0.15, -0.1) is 0 Å². The van der Waals surface area contributed by atoms with E-state index >= 15 is 0 Å². The number of rotatable bonds is 7. The third kappa shape index (κ3) is 5.04. The van der Waals surface area contributed by atoms with E-state index in [-0.39, 0.29) is 11.8 Å². The van der Waals surface area contributed by atoms with Crippen LogP contribution in [-0.2, 0) is 9.59 Å². The van der Waals surface area contributed by atoms with E-state index in [9.17, 15) is 9.59 Å². The fourth-order valence-electron chi connectivity index (χ4n) is 2.82. The van der Waals surface area contributed by atoms with Crippen molar-refractivity contribution < 1.29 is 23.8 Å². The first-order valence-electron chi connectivity index (χ1n) is 9.52. The largest absolute Gasteiger partial charge is 0.493 e. The molecule has 2 amide bonds. The van der Waals surface area contributed by atoms with E-state index in [0.717, 1.165) is 6.42 Å². The standard InChI is InChI=1S/C22H23ClN2O5/c1-4-9-29-21-16(23)10-14(11-19(21)28-3)5-8-20(26)24-15-6-7-18-17(12-15)25-22(27)13(2)30-18/h5-8,10-13H,4,9H2,1-3H3,(H,24,26)(H,25,27)/b8-5+. The number of benzene rings is 2. The second kappa shape index (κ2) is 9.54. The van der Waals surface area contributed by atoms with Gasteiger partial charge in [-0.3, -0.25) is 9.59 Å². The molecule has 2 aromatic carbocycles. The van der Waals surface area contributed by atoms with Gasteiger partial charge < -0.3 is 24.8 Å². The molecule has 1 aliphatic rings. The maximum absolute atomic E-state index is 12.3. The Morgan fingerprint density at radius 2 is 2.13 bits per heavy atom. The molecule has 0 aliphatic carbocycles. The number of anilines is 2. The Bertz CT molecular complexity index is 990. The average molecular weight is 431 g/mol. The normalized spacial score (nSPS) is 15.2. The SMILES string of the molecule is CCCOc1c(Cl)cc(/C=C/C(=O)Nc2ccc3c(c2)NC(=O)C(C)O3)cc1OC. The van der Waals surface area contributed by atoms with Crippen LogP contribution in [0, 0.1) is 0 Å². The Morgan fingerprint density at radius 3 is 2.87 bits per heavy atom. The van der Waals surface area contributed by atoms with E-state index in [1.807, 2.05) is 6.92 Å². The van der Waals surface area contributed by atoms with Gasteiger partial charge >= 0.3 is 0 Å². The summed E-state index contributed by atoms with van der Waals surface area (Å²) in [4.78, 5) is 24.1. The van der Waals surface area contributed by atoms with Gasteiger partial charge in [0.2, 0.25) is 5.91 Å². The lowest BCUT2D eigenvalue weighted by Gasteiger charge is -2.23. The molecule has 1 atom stereocenters. The summed E-state index contributed by atoms with van der Waals surface area (Å²) in [5, 5.41) is 5.90. The average Bonchev–Trinajstić information content (AvgIpc) is 2.72. The van der Waals surface area contributed by atoms with Crippen molar-refractivity contribution in [3.63, 3.8) is 0 Å². The van der Waals surface area contributed by atoms with E-state index in [1.165, 1.54) is 13.2 Å². The number of hydrogen-bond acceptors (Lipinski definition) is 5. The predicted molar refractivity (Wildman–Crippen MR) is 117 cm³/mol. The lowest BCUT2D eigenvalue weighted by atomic mass is 10.1. The molecule has 2 aromatic rings. The van der Waals surface area contributed by atoms with Crippen molar-refractivity contribution in [3.05, 3.63) is 47.0 Å². The van der Waals surface area contributed by atoms with Gasteiger partial charge in [0.1, 0.15) is 5.75 Å². The molecule has 1 heterocycles. The Labute approximate surface area is 180 Å². The maximum atomic E-state index is 12.3. The van der Waals surface area contributed by atoms with Gasteiger partial charge in [0.05, 0.1) is 24.4 Å². The van der Waals surface area contributed by atoms with Crippen LogP contribution in [-0.4, -0.2) is 31.6 Å². The van der Waals surface area contributed by atoms with Gasteiger partial charge in [0.25, 0.3) is 5.91 Å². The van der Waals surface area contributed by atoms with E-state index in [0.29, 0.717) is 45.8 Å². The quantitative estimate of drug-likeness (QED) is 0.631. The van der Waals surface area contributed by atoms with Crippen molar-refractivity contribution in [2.45, 2.75) is 26.4 Å². The zero-order chi connectivity index (χ0) is 21.7. The first-order chi connectivity index (χ1) is 14.4. The molecule has 2 N–H and O–H groups in total. The molecule has 0 aromatic heterocycles. The number of halogens is 1. The first-order valence-corrected chi connectivity index (χ1v) is 9.90. The molecule has 7 nitrogen and oxygen atoms in total. The molecule has 0 fully saturated rings. The van der Waals surface area contributed by atoms with Gasteiger partial charge in [-0.25, -0.2) is 0 Å². The lowest BCUT2D eigenvalue weighted by Crippen LogP contribution is -2.34. The predicted octanol–water partition coefficient (Wildman–Crippen LogP) is 4.51. The minimum Gasteiger partial charge on any atom is -0.493 e. The van der Waals surface area contributed by atoms with Crippen LogP contribution in [0.2, 0.25) is 5.02 Å². The Kier molecular flexibility index (Phi) is 6.84. The van der Waals surface area contributed by atoms with Crippen LogP contribution < -0.4 is 24.8 Å². The molecule has 0 saturated heterocycles. The van der Waals surface area contributed by atoms with E-state index in [1.54, 1.807) is 43.3 Å². The Hall–Kier alpha value is -3.19. The number of ether oxygens (including phenoxy) is 3. The van der Waals surface area contributed by atoms with Gasteiger partial charge in [-0.2, -0.15) is 0 Å². The fourth-order valence-corrected chi connectivity index (χ4v) is 3.10. The van der Waals surface area contributed by atoms with E-state index in [4.69, 9.17) is 25.8 Å². The summed E-state index contributed by atoms with van der Waals surface area (Å²) < 4.78 is 16.5. The van der Waals surface area contributed by atoms with Crippen molar-refractivity contribution >= 4 is 40.9 Å². The Morgan fingerprint density at radius 1 is 1.33 bits per heavy atom. The number of fused-ring (bicyclic) bond motifs is 1. The van der Waals surface area contributed by atoms with Crippen molar-refractivity contribution in [1.29, 1.82) is 0 Å². The molecule has 1 unspecified atom stereocenters. The highest BCUT2D eigenvalue weighted by atomic mass is 35.5. The van der Waals surface area contributed by atoms with Gasteiger partial charge in [0, 0.05) is 11.8 Å². The number of carbonyl (C=O) groups is 2. The number of hydrogen-bond donors (Lipinski definition) is 2. The summed E-state index contributed by atoms with van der Waals surface area (Å²) in [7, 11) is 1.53. The van der Waals surface area contributed by atoms with Crippen LogP contribution in [0.3, 0.4) is 0 Å². The molecule has 30 heavy (non-hydrogen) atoms. The van der Waals surface area contributed by atoms with Crippen molar-refractivity contribution in [1.82, 2.24) is 0 Å². The third-order valence-corrected chi connectivity index (χ3v) is 4.59. The zero-order valence-electron chi connectivity index (χ0n) is 17.0. The second-order valence-electron chi connectivity index (χ2n) is 6.67. The summed E-state index contributed by atoms with van der Waals surface area (Å²) in [6, 6.07) is 8.49. The minimum atomic E-state index is -0.552. The highest BCUT2D eigenvalue weighted by Crippen LogP contribution is 2.37. The first kappa shape index (κ1) is 21.5. The fraction of sp³-hybridized carbons (Fsp3) is 0.273. The van der Waals surface area contributed by atoms with Crippen LogP contribution in [0.1, 0.15) is 25.8 Å². The summed E-state index contributed by atoms with van der Waals surface area (Å²) >= 11 is 6.30. The molecular formula is C22H23ClN2O5. The van der Waals surface area contributed by atoms with E-state index in [2.05, 4.69) is 10.6 Å². The van der Waals surface area contributed by atoms with Gasteiger partial charge in [0.15, 0.2) is 17.6 Å². The molecule has 1 aliphatic heterocycles. The van der Waals surface area contributed by atoms with Crippen LogP contribution in [0.5, 0.6) is 17.2 Å². The molecule has 158 valence electrons. The monoisotopic (exact) mass is 430 g/mol. The lowest BCUT2D eigenvalue weighted by molar-refractivity contribution is -0.122. The number of carbonyl (C=O) groups excluding carboxylic acids is 2. The van der Waals surface area contributed by atoms with Crippen molar-refractivity contribution in [2.24, 2.45) is 0 Å². The molecule has 3 rings (SSSR count). The summed E-state index contributed by atoms with van der Waals surface area (Å²) in [6.45, 7) is 4.20. The van der Waals surface area contributed by atoms with Crippen LogP contribution in [0.4, 0.5) is 11.4 Å². The molecular weight excluding hydrogens is 408 g/mol. The third-order valence-electron chi connectivity index (χ3n) is 4.31. The smallest absolute Gasteiger partial charge is 0.265 e. The zero-order valence-corrected chi connectivity index (χ0v) is 17.7. The molecule has 0 saturated carbocycles. The van der Waals surface area contributed by atoms with Crippen LogP contribution in [0.15, 0.2) is 36.4 Å². The van der Waals surface area contributed by atoms with Gasteiger partial charge in [-0.05, 0) is 55.3 Å². The Balaban J connectivity index is 1.70. The van der Waals surface area contributed by atoms with Crippen LogP contribution in [0.25, 0.3) is 6.08 Å². The van der Waals surface area contributed by atoms with Gasteiger partial charge in [-0.1, -0.05) is 18.5 Å². The van der Waals surface area contributed by atoms with Crippen molar-refractivity contribution in [2.75, 3.05) is 24.4 Å². The second-order valence-corrected chi connectivity index (χ2v) is 7.07. The van der Waals surface area contributed by atoms with Crippen molar-refractivity contribution in [3.8, 4) is 17.2 Å². The summed E-state index contributed by atoms with van der Waals surface area (Å²) in [5.41, 5.74) is 1.73. The molecule has 0 radical (unpaired) electrons. The molecule has 0 bridgehead atoms. The highest BCUT2D eigenvalue weighted by Gasteiger charge is 2.23. The minimum absolute atomic E-state index is 0.233. The number of nitrogens with one attached hydrogen (secondary N) is 2. The summed E-state index contributed by atoms with van der Waals surface area (Å²) in [5.74, 6) is 0.963.